The Morgan fingerprint density at radius 3 is 2.53 bits per heavy atom. The molecule has 0 aliphatic carbocycles. The van der Waals surface area contributed by atoms with Crippen LogP contribution in [0.5, 0.6) is 0 Å². The highest BCUT2D eigenvalue weighted by Gasteiger charge is 2.53. The van der Waals surface area contributed by atoms with E-state index < -0.39 is 5.54 Å². The number of rotatable bonds is 3. The highest BCUT2D eigenvalue weighted by Crippen LogP contribution is 2.34. The predicted molar refractivity (Wildman–Crippen MR) is 71.6 cm³/mol. The maximum absolute atomic E-state index is 12.8. The van der Waals surface area contributed by atoms with Gasteiger partial charge in [0.05, 0.1) is 12.1 Å². The van der Waals surface area contributed by atoms with E-state index in [2.05, 4.69) is 5.32 Å². The lowest BCUT2D eigenvalue weighted by molar-refractivity contribution is -0.162. The summed E-state index contributed by atoms with van der Waals surface area (Å²) in [5, 5.41) is 2.89. The number of carbonyl (C=O) groups excluding carboxylic acids is 2. The molecule has 0 bridgehead atoms. The number of hydrogen-bond donors (Lipinski definition) is 1. The number of amides is 2. The van der Waals surface area contributed by atoms with Gasteiger partial charge < -0.3 is 15.0 Å². The van der Waals surface area contributed by atoms with Crippen LogP contribution in [-0.2, 0) is 14.3 Å². The van der Waals surface area contributed by atoms with Crippen molar-refractivity contribution >= 4 is 11.8 Å². The molecule has 108 valence electrons. The van der Waals surface area contributed by atoms with Gasteiger partial charge in [-0.25, -0.2) is 0 Å². The molecule has 0 aromatic rings. The molecular weight excluding hydrogens is 244 g/mol. The molecule has 1 N–H and O–H groups in total. The van der Waals surface area contributed by atoms with Gasteiger partial charge in [-0.3, -0.25) is 9.59 Å². The van der Waals surface area contributed by atoms with E-state index in [-0.39, 0.29) is 23.4 Å². The molecule has 0 spiro atoms. The number of nitrogens with one attached hydrogen (secondary N) is 1. The molecule has 0 radical (unpaired) electrons. The van der Waals surface area contributed by atoms with Gasteiger partial charge >= 0.3 is 0 Å². The molecule has 2 aliphatic heterocycles. The molecule has 19 heavy (non-hydrogen) atoms. The van der Waals surface area contributed by atoms with Gasteiger partial charge in [-0.2, -0.15) is 0 Å². The minimum Gasteiger partial charge on any atom is -0.379 e. The third-order valence-electron chi connectivity index (χ3n) is 4.58. The molecule has 2 aliphatic rings. The van der Waals surface area contributed by atoms with E-state index in [1.54, 1.807) is 4.90 Å². The second kappa shape index (κ2) is 4.78. The smallest absolute Gasteiger partial charge is 0.249 e. The minimum atomic E-state index is -0.783. The van der Waals surface area contributed by atoms with Gasteiger partial charge in [0.1, 0.15) is 11.6 Å². The van der Waals surface area contributed by atoms with Crippen LogP contribution in [0.3, 0.4) is 0 Å². The van der Waals surface area contributed by atoms with E-state index in [9.17, 15) is 9.59 Å². The summed E-state index contributed by atoms with van der Waals surface area (Å²) in [6, 6.07) is -0.376. The molecule has 0 saturated carbocycles. The first-order valence-corrected chi connectivity index (χ1v) is 7.11. The topological polar surface area (TPSA) is 58.6 Å². The Bertz CT molecular complexity index is 390. The van der Waals surface area contributed by atoms with Gasteiger partial charge in [0, 0.05) is 6.61 Å². The minimum absolute atomic E-state index is 0.0226. The van der Waals surface area contributed by atoms with Gasteiger partial charge in [-0.15, -0.1) is 0 Å². The molecule has 0 aromatic heterocycles. The first-order valence-electron chi connectivity index (χ1n) is 7.11. The zero-order valence-corrected chi connectivity index (χ0v) is 12.3. The van der Waals surface area contributed by atoms with Crippen LogP contribution in [0.25, 0.3) is 0 Å². The van der Waals surface area contributed by atoms with Crippen molar-refractivity contribution in [3.05, 3.63) is 0 Å². The summed E-state index contributed by atoms with van der Waals surface area (Å²) in [5.74, 6) is -0.0194. The predicted octanol–water partition coefficient (Wildman–Crippen LogP) is 1.07. The molecule has 3 unspecified atom stereocenters. The molecule has 5 heteroatoms. The average molecular weight is 268 g/mol. The van der Waals surface area contributed by atoms with E-state index in [1.807, 2.05) is 27.7 Å². The van der Waals surface area contributed by atoms with E-state index in [4.69, 9.17) is 4.74 Å². The summed E-state index contributed by atoms with van der Waals surface area (Å²) >= 11 is 0. The summed E-state index contributed by atoms with van der Waals surface area (Å²) in [6.45, 7) is 8.87. The molecular formula is C14H24N2O3. The molecule has 5 nitrogen and oxygen atoms in total. The van der Waals surface area contributed by atoms with Crippen molar-refractivity contribution < 1.29 is 14.3 Å². The number of ether oxygens (including phenoxy) is 1. The molecule has 2 rings (SSSR count). The van der Waals surface area contributed by atoms with Gasteiger partial charge in [0.15, 0.2) is 0 Å². The first-order chi connectivity index (χ1) is 8.88. The van der Waals surface area contributed by atoms with Crippen molar-refractivity contribution in [3.8, 4) is 0 Å². The summed E-state index contributed by atoms with van der Waals surface area (Å²) in [4.78, 5) is 26.9. The second-order valence-electron chi connectivity index (χ2n) is 6.07. The molecule has 0 aromatic carbocycles. The second-order valence-corrected chi connectivity index (χ2v) is 6.07. The van der Waals surface area contributed by atoms with Crippen LogP contribution in [0.1, 0.15) is 47.0 Å². The lowest BCUT2D eigenvalue weighted by Gasteiger charge is -2.50. The Kier molecular flexibility index (Phi) is 3.60. The van der Waals surface area contributed by atoms with Crippen LogP contribution in [0.2, 0.25) is 0 Å². The SMILES string of the molecule is CCC1C(=O)NC(C)(CC)C(=O)N1C1(C)CCOC1. The van der Waals surface area contributed by atoms with Gasteiger partial charge in [-0.1, -0.05) is 13.8 Å². The van der Waals surface area contributed by atoms with Crippen LogP contribution >= 0.6 is 0 Å². The molecule has 2 fully saturated rings. The van der Waals surface area contributed by atoms with E-state index in [0.717, 1.165) is 6.42 Å². The number of hydrogen-bond acceptors (Lipinski definition) is 3. The molecule has 2 amide bonds. The van der Waals surface area contributed by atoms with Crippen molar-refractivity contribution in [1.82, 2.24) is 10.2 Å². The Labute approximate surface area is 114 Å². The third kappa shape index (κ3) is 2.14. The zero-order chi connectivity index (χ0) is 14.3. The maximum Gasteiger partial charge on any atom is 0.249 e. The van der Waals surface area contributed by atoms with Crippen molar-refractivity contribution in [2.24, 2.45) is 0 Å². The fourth-order valence-corrected chi connectivity index (χ4v) is 3.01. The van der Waals surface area contributed by atoms with Gasteiger partial charge in [0.25, 0.3) is 0 Å². The molecule has 2 saturated heterocycles. The van der Waals surface area contributed by atoms with Crippen molar-refractivity contribution in [2.75, 3.05) is 13.2 Å². The van der Waals surface area contributed by atoms with Crippen LogP contribution in [0.15, 0.2) is 0 Å². The molecule has 3 atom stereocenters. The summed E-state index contributed by atoms with van der Waals surface area (Å²) < 4.78 is 5.47. The largest absolute Gasteiger partial charge is 0.379 e. The van der Waals surface area contributed by atoms with Crippen molar-refractivity contribution in [2.45, 2.75) is 64.1 Å². The van der Waals surface area contributed by atoms with Crippen LogP contribution < -0.4 is 5.32 Å². The van der Waals surface area contributed by atoms with E-state index in [1.165, 1.54) is 0 Å². The Morgan fingerprint density at radius 2 is 2.05 bits per heavy atom. The Hall–Kier alpha value is -1.10. The number of piperazine rings is 1. The van der Waals surface area contributed by atoms with Crippen LogP contribution in [-0.4, -0.2) is 47.0 Å². The summed E-state index contributed by atoms with van der Waals surface area (Å²) in [6.07, 6.45) is 2.02. The highest BCUT2D eigenvalue weighted by molar-refractivity contribution is 6.00. The lowest BCUT2D eigenvalue weighted by Crippen LogP contribution is -2.73. The average Bonchev–Trinajstić information content (AvgIpc) is 2.81. The summed E-state index contributed by atoms with van der Waals surface area (Å²) in [7, 11) is 0. The van der Waals surface area contributed by atoms with E-state index >= 15 is 0 Å². The van der Waals surface area contributed by atoms with Gasteiger partial charge in [-0.05, 0) is 33.1 Å². The normalized spacial score (nSPS) is 39.6. The third-order valence-corrected chi connectivity index (χ3v) is 4.58. The fraction of sp³-hybridized carbons (Fsp3) is 0.857. The fourth-order valence-electron chi connectivity index (χ4n) is 3.01. The Balaban J connectivity index is 2.40. The van der Waals surface area contributed by atoms with E-state index in [0.29, 0.717) is 26.1 Å². The number of carbonyl (C=O) groups is 2. The van der Waals surface area contributed by atoms with Crippen molar-refractivity contribution in [1.29, 1.82) is 0 Å². The maximum atomic E-state index is 12.8. The van der Waals surface area contributed by atoms with Crippen LogP contribution in [0.4, 0.5) is 0 Å². The zero-order valence-electron chi connectivity index (χ0n) is 12.3. The van der Waals surface area contributed by atoms with Crippen molar-refractivity contribution in [3.63, 3.8) is 0 Å². The lowest BCUT2D eigenvalue weighted by atomic mass is 9.85. The first kappa shape index (κ1) is 14.3. The molecule has 2 heterocycles. The standard InChI is InChI=1S/C14H24N2O3/c1-5-10-11(17)15-14(4,6-2)12(18)16(10)13(3)7-8-19-9-13/h10H,5-9H2,1-4H3,(H,15,17). The Morgan fingerprint density at radius 1 is 1.37 bits per heavy atom. The highest BCUT2D eigenvalue weighted by atomic mass is 16.5. The van der Waals surface area contributed by atoms with Crippen LogP contribution in [0, 0.1) is 0 Å². The monoisotopic (exact) mass is 268 g/mol. The quantitative estimate of drug-likeness (QED) is 0.833. The summed E-state index contributed by atoms with van der Waals surface area (Å²) in [5.41, 5.74) is -1.14. The number of nitrogens with zero attached hydrogens (tertiary/aromatic N) is 1. The van der Waals surface area contributed by atoms with Gasteiger partial charge in [0.2, 0.25) is 11.8 Å².